The van der Waals surface area contributed by atoms with E-state index in [0.29, 0.717) is 13.0 Å². The third kappa shape index (κ3) is 13.7. The molecule has 5 atom stereocenters. The van der Waals surface area contributed by atoms with Crippen molar-refractivity contribution in [1.82, 2.24) is 5.32 Å². The highest BCUT2D eigenvalue weighted by Crippen LogP contribution is 2.59. The molecule has 0 aromatic carbocycles. The van der Waals surface area contributed by atoms with E-state index in [0.717, 1.165) is 43.8 Å². The van der Waals surface area contributed by atoms with Crippen molar-refractivity contribution in [3.05, 3.63) is 0 Å². The number of hydrogen-bond donors (Lipinski definition) is 2. The first-order valence-corrected chi connectivity index (χ1v) is 36.8. The van der Waals surface area contributed by atoms with E-state index in [1.54, 1.807) is 0 Å². The van der Waals surface area contributed by atoms with Crippen LogP contribution in [0.3, 0.4) is 0 Å². The normalized spacial score (nSPS) is 19.4. The maximum Gasteiger partial charge on any atom is 0.326 e. The monoisotopic (exact) mass is 811 g/mol. The van der Waals surface area contributed by atoms with Gasteiger partial charge >= 0.3 is 23.1 Å². The van der Waals surface area contributed by atoms with E-state index in [1.165, 1.54) is 0 Å². The Morgan fingerprint density at radius 3 is 1.52 bits per heavy atom. The van der Waals surface area contributed by atoms with Crippen molar-refractivity contribution >= 4 is 62.3 Å². The lowest BCUT2D eigenvalue weighted by Crippen LogP contribution is -2.69. The summed E-state index contributed by atoms with van der Waals surface area (Å²) in [6.07, 6.45) is 4.06. The van der Waals surface area contributed by atoms with E-state index in [9.17, 15) is 9.59 Å². The van der Waals surface area contributed by atoms with E-state index < -0.39 is 67.2 Å². The molecule has 0 spiro atoms. The number of carboxylic acid groups (broad SMARTS) is 1. The zero-order valence-electron chi connectivity index (χ0n) is 36.1. The Hall–Kier alpha value is 0.0413. The van der Waals surface area contributed by atoms with Crippen LogP contribution in [0.5, 0.6) is 0 Å². The Labute approximate surface area is 315 Å². The van der Waals surface area contributed by atoms with Gasteiger partial charge in [0.15, 0.2) is 25.0 Å². The quantitative estimate of drug-likeness (QED) is 0.0656. The summed E-state index contributed by atoms with van der Waals surface area (Å²) in [5.74, 6) is -1.20. The molecule has 0 aliphatic carbocycles. The van der Waals surface area contributed by atoms with E-state index in [1.807, 2.05) is 0 Å². The Morgan fingerprint density at radius 1 is 0.640 bits per heavy atom. The molecule has 0 fully saturated rings. The number of amides is 1. The van der Waals surface area contributed by atoms with E-state index in [4.69, 9.17) is 26.3 Å². The van der Waals surface area contributed by atoms with Crippen molar-refractivity contribution in [2.45, 2.75) is 206 Å². The van der Waals surface area contributed by atoms with Gasteiger partial charge in [-0.05, 0) is 136 Å². The van der Waals surface area contributed by atoms with Gasteiger partial charge in [-0.1, -0.05) is 41.5 Å². The second-order valence-corrected chi connectivity index (χ2v) is 43.0. The third-order valence-corrected chi connectivity index (χ3v) is 35.5. The van der Waals surface area contributed by atoms with Gasteiger partial charge in [0.05, 0.1) is 17.2 Å². The van der Waals surface area contributed by atoms with Crippen molar-refractivity contribution in [2.24, 2.45) is 0 Å². The minimum Gasteiger partial charge on any atom is -0.481 e. The predicted octanol–water partition coefficient (Wildman–Crippen LogP) is 10.5. The van der Waals surface area contributed by atoms with Crippen LogP contribution in [0.4, 0.5) is 0 Å². The first kappa shape index (κ1) is 50.0. The molecule has 0 bridgehead atoms. The molecule has 2 N–H and O–H groups in total. The van der Waals surface area contributed by atoms with Crippen LogP contribution >= 0.6 is 0 Å². The molecule has 0 aromatic rings. The smallest absolute Gasteiger partial charge is 0.326 e. The van der Waals surface area contributed by atoms with Gasteiger partial charge in [0.1, 0.15) is 0 Å². The lowest BCUT2D eigenvalue weighted by molar-refractivity contribution is -0.138. The summed E-state index contributed by atoms with van der Waals surface area (Å²) in [5, 5.41) is 11.3. The molecule has 5 unspecified atom stereocenters. The van der Waals surface area contributed by atoms with Crippen LogP contribution in [-0.2, 0) is 30.8 Å². The molecule has 0 aromatic heterocycles. The third-order valence-electron chi connectivity index (χ3n) is 11.2. The molecular weight excluding hydrogens is 731 g/mol. The zero-order valence-corrected chi connectivity index (χ0v) is 42.1. The molecule has 298 valence electrons. The highest BCUT2D eigenvalue weighted by atomic mass is 28.5. The summed E-state index contributed by atoms with van der Waals surface area (Å²) >= 11 is 0. The van der Waals surface area contributed by atoms with Gasteiger partial charge in [-0.3, -0.25) is 9.59 Å². The molecule has 0 radical (unpaired) electrons. The number of carbonyl (C=O) groups is 2. The average Bonchev–Trinajstić information content (AvgIpc) is 2.96. The van der Waals surface area contributed by atoms with Crippen LogP contribution in [0, 0.1) is 0 Å². The first-order valence-electron chi connectivity index (χ1n) is 19.5. The molecule has 1 amide bonds. The van der Waals surface area contributed by atoms with Gasteiger partial charge in [-0.25, -0.2) is 0 Å². The SMILES string of the molecule is CCC(C)(O[Si](C)(CCCNC(=O)CCC(=O)O)C(C)(CC)O[Si](C)(CC)O[Si](C)(CC)O[Si](C)(C)C)C(CC)(CC)[Si](C)(C)O[Si](C)(C)C. The summed E-state index contributed by atoms with van der Waals surface area (Å²) in [6.45, 7) is 43.7. The second-order valence-electron chi connectivity index (χ2n) is 17.8. The minimum absolute atomic E-state index is 0.0199. The van der Waals surface area contributed by atoms with Gasteiger partial charge in [-0.15, -0.1) is 0 Å². The molecule has 15 heteroatoms. The molecule has 0 aliphatic heterocycles. The van der Waals surface area contributed by atoms with Gasteiger partial charge in [-0.2, -0.15) is 0 Å². The van der Waals surface area contributed by atoms with E-state index in [-0.39, 0.29) is 23.8 Å². The lowest BCUT2D eigenvalue weighted by Gasteiger charge is -2.60. The second kappa shape index (κ2) is 19.1. The Kier molecular flexibility index (Phi) is 19.1. The van der Waals surface area contributed by atoms with Crippen LogP contribution in [0.2, 0.25) is 95.2 Å². The van der Waals surface area contributed by atoms with Crippen LogP contribution in [0.25, 0.3) is 0 Å². The van der Waals surface area contributed by atoms with Crippen LogP contribution in [-0.4, -0.2) is 84.7 Å². The Bertz CT molecular complexity index is 1080. The highest BCUT2D eigenvalue weighted by Gasteiger charge is 2.63. The highest BCUT2D eigenvalue weighted by molar-refractivity contribution is 6.87. The molecule has 50 heavy (non-hydrogen) atoms. The zero-order chi connectivity index (χ0) is 39.7. The van der Waals surface area contributed by atoms with Crippen LogP contribution in [0.15, 0.2) is 0 Å². The maximum atomic E-state index is 12.5. The number of rotatable bonds is 26. The fourth-order valence-corrected chi connectivity index (χ4v) is 36.2. The minimum atomic E-state index is -2.86. The van der Waals surface area contributed by atoms with Crippen molar-refractivity contribution in [1.29, 1.82) is 0 Å². The topological polar surface area (TPSA) is 113 Å². The standard InChI is InChI=1S/C35H81NO8Si6/c1-20-33(7,35(22-3,23-4)47(15,16)42-45(9,10)11)40-48(17,30-26-29-36-31(37)27-28-32(38)39)34(8,21-2)41-49(18,24-5)44-50(19,25-6)43-46(12,13)14/h20-30H2,1-19H3,(H,36,37)(H,38,39). The number of hydrogen-bond acceptors (Lipinski definition) is 7. The van der Waals surface area contributed by atoms with Crippen LogP contribution < -0.4 is 5.32 Å². The Balaban J connectivity index is 7.22. The van der Waals surface area contributed by atoms with Crippen LogP contribution in [0.1, 0.15) is 100 Å². The van der Waals surface area contributed by atoms with Crippen molar-refractivity contribution in [3.8, 4) is 0 Å². The lowest BCUT2D eigenvalue weighted by atomic mass is 9.81. The first-order chi connectivity index (χ1) is 22.5. The van der Waals surface area contributed by atoms with Crippen molar-refractivity contribution in [3.63, 3.8) is 0 Å². The molecule has 0 rings (SSSR count). The maximum absolute atomic E-state index is 12.5. The van der Waals surface area contributed by atoms with Gasteiger partial charge in [0.2, 0.25) is 14.2 Å². The fraction of sp³-hybridized carbons (Fsp3) is 0.943. The Morgan fingerprint density at radius 2 is 1.14 bits per heavy atom. The number of carboxylic acids is 1. The number of carbonyl (C=O) groups excluding carboxylic acids is 1. The summed E-state index contributed by atoms with van der Waals surface area (Å²) in [4.78, 5) is 23.5. The largest absolute Gasteiger partial charge is 0.481 e. The molecule has 9 nitrogen and oxygen atoms in total. The molecular formula is C35H81NO8Si6. The summed E-state index contributed by atoms with van der Waals surface area (Å²) in [5.41, 5.74) is -0.476. The molecule has 0 aliphatic rings. The summed E-state index contributed by atoms with van der Waals surface area (Å²) < 4.78 is 36.7. The number of nitrogens with one attached hydrogen (secondary N) is 1. The van der Waals surface area contributed by atoms with Crippen molar-refractivity contribution in [2.75, 3.05) is 6.54 Å². The fourth-order valence-electron chi connectivity index (χ4n) is 8.21. The average molecular weight is 813 g/mol. The molecule has 0 saturated heterocycles. The van der Waals surface area contributed by atoms with Crippen molar-refractivity contribution < 1.29 is 35.9 Å². The van der Waals surface area contributed by atoms with E-state index >= 15 is 0 Å². The van der Waals surface area contributed by atoms with Gasteiger partial charge in [0.25, 0.3) is 0 Å². The van der Waals surface area contributed by atoms with Gasteiger partial charge < -0.3 is 31.6 Å². The predicted molar refractivity (Wildman–Crippen MR) is 225 cm³/mol. The summed E-state index contributed by atoms with van der Waals surface area (Å²) in [7, 11) is -14.2. The molecule has 0 saturated carbocycles. The number of aliphatic carboxylic acids is 1. The van der Waals surface area contributed by atoms with Gasteiger partial charge in [0, 0.05) is 18.0 Å². The molecule has 0 heterocycles. The summed E-state index contributed by atoms with van der Waals surface area (Å²) in [6, 6.07) is 2.43. The van der Waals surface area contributed by atoms with E-state index in [2.05, 4.69) is 133 Å².